The van der Waals surface area contributed by atoms with Crippen molar-refractivity contribution >= 4 is 54.8 Å². The number of anilines is 3. The van der Waals surface area contributed by atoms with Gasteiger partial charge in [0.25, 0.3) is 10.0 Å². The van der Waals surface area contributed by atoms with Crippen LogP contribution in [0, 0.1) is 0 Å². The number of benzene rings is 3. The molecule has 1 aliphatic rings. The van der Waals surface area contributed by atoms with Crippen LogP contribution in [0.1, 0.15) is 0 Å². The van der Waals surface area contributed by atoms with Crippen molar-refractivity contribution in [2.45, 2.75) is 4.90 Å². The molecule has 0 radical (unpaired) electrons. The summed E-state index contributed by atoms with van der Waals surface area (Å²) in [5.41, 5.74) is 1.37. The zero-order chi connectivity index (χ0) is 22.0. The highest BCUT2D eigenvalue weighted by Gasteiger charge is 2.32. The first-order valence-corrected chi connectivity index (χ1v) is 11.6. The van der Waals surface area contributed by atoms with Crippen molar-refractivity contribution in [3.05, 3.63) is 83.3 Å². The molecule has 0 atom stereocenters. The summed E-state index contributed by atoms with van der Waals surface area (Å²) in [4.78, 5) is 26.8. The van der Waals surface area contributed by atoms with Gasteiger partial charge in [-0.05, 0) is 42.5 Å². The number of para-hydroxylation sites is 2. The summed E-state index contributed by atoms with van der Waals surface area (Å²) in [6, 6.07) is 21.5. The van der Waals surface area contributed by atoms with Crippen LogP contribution < -0.4 is 14.5 Å². The fraction of sp³-hybridized carbons (Fsp3) is 0.0909. The summed E-state index contributed by atoms with van der Waals surface area (Å²) in [5, 5.41) is 2.72. The van der Waals surface area contributed by atoms with Crippen molar-refractivity contribution in [3.8, 4) is 0 Å². The number of nitrogens with zero attached hydrogens (tertiary/aromatic N) is 2. The third-order valence-corrected chi connectivity index (χ3v) is 7.06. The first kappa shape index (κ1) is 21.1. The first-order chi connectivity index (χ1) is 14.9. The van der Waals surface area contributed by atoms with Crippen LogP contribution >= 0.6 is 15.9 Å². The average molecular weight is 500 g/mol. The second kappa shape index (κ2) is 8.52. The van der Waals surface area contributed by atoms with E-state index in [0.717, 1.165) is 4.31 Å². The van der Waals surface area contributed by atoms with E-state index in [1.165, 1.54) is 17.0 Å². The van der Waals surface area contributed by atoms with Crippen LogP contribution in [0.3, 0.4) is 0 Å². The highest BCUT2D eigenvalue weighted by molar-refractivity contribution is 9.10. The van der Waals surface area contributed by atoms with Crippen molar-refractivity contribution in [1.82, 2.24) is 0 Å². The zero-order valence-corrected chi connectivity index (χ0v) is 18.6. The maximum atomic E-state index is 13.4. The number of hydrogen-bond donors (Lipinski definition) is 1. The Morgan fingerprint density at radius 2 is 1.71 bits per heavy atom. The van der Waals surface area contributed by atoms with E-state index in [-0.39, 0.29) is 17.3 Å². The molecule has 31 heavy (non-hydrogen) atoms. The lowest BCUT2D eigenvalue weighted by molar-refractivity contribution is -0.121. The van der Waals surface area contributed by atoms with Gasteiger partial charge in [-0.3, -0.25) is 18.8 Å². The van der Waals surface area contributed by atoms with Gasteiger partial charge in [-0.25, -0.2) is 8.42 Å². The Balaban J connectivity index is 1.74. The smallest absolute Gasteiger partial charge is 0.264 e. The van der Waals surface area contributed by atoms with Crippen LogP contribution in [-0.4, -0.2) is 33.3 Å². The minimum atomic E-state index is -4.03. The van der Waals surface area contributed by atoms with Crippen molar-refractivity contribution in [2.24, 2.45) is 0 Å². The quantitative estimate of drug-likeness (QED) is 0.580. The number of halogens is 1. The van der Waals surface area contributed by atoms with Gasteiger partial charge in [0.2, 0.25) is 11.8 Å². The Labute approximate surface area is 188 Å². The lowest BCUT2D eigenvalue weighted by Gasteiger charge is -2.32. The third kappa shape index (κ3) is 4.33. The van der Waals surface area contributed by atoms with Crippen LogP contribution in [0.4, 0.5) is 17.1 Å². The second-order valence-electron chi connectivity index (χ2n) is 6.85. The molecule has 0 spiro atoms. The standard InChI is InChI=1S/C22H18BrN3O4S/c23-16-7-6-8-17(13-16)26(31(29,30)18-9-2-1-3-10-18)15-22(28)25-14-21(27)24-19-11-4-5-12-20(19)25/h1-13H,14-15H2,(H,24,27). The maximum absolute atomic E-state index is 13.4. The maximum Gasteiger partial charge on any atom is 0.264 e. The number of nitrogens with one attached hydrogen (secondary N) is 1. The minimum absolute atomic E-state index is 0.0690. The minimum Gasteiger partial charge on any atom is -0.323 e. The highest BCUT2D eigenvalue weighted by atomic mass is 79.9. The van der Waals surface area contributed by atoms with E-state index >= 15 is 0 Å². The average Bonchev–Trinajstić information content (AvgIpc) is 2.77. The zero-order valence-electron chi connectivity index (χ0n) is 16.2. The van der Waals surface area contributed by atoms with Gasteiger partial charge < -0.3 is 5.32 Å². The van der Waals surface area contributed by atoms with Gasteiger partial charge in [0.1, 0.15) is 13.1 Å². The summed E-state index contributed by atoms with van der Waals surface area (Å²) >= 11 is 3.36. The monoisotopic (exact) mass is 499 g/mol. The van der Waals surface area contributed by atoms with Gasteiger partial charge in [0.05, 0.1) is 22.0 Å². The molecule has 3 aromatic carbocycles. The summed E-state index contributed by atoms with van der Waals surface area (Å²) in [7, 11) is -4.03. The molecule has 0 aromatic heterocycles. The van der Waals surface area contributed by atoms with Crippen LogP contribution in [0.2, 0.25) is 0 Å². The molecular weight excluding hydrogens is 482 g/mol. The van der Waals surface area contributed by atoms with E-state index in [4.69, 9.17) is 0 Å². The van der Waals surface area contributed by atoms with Crippen LogP contribution in [-0.2, 0) is 19.6 Å². The molecule has 0 saturated carbocycles. The van der Waals surface area contributed by atoms with E-state index in [1.807, 2.05) is 0 Å². The van der Waals surface area contributed by atoms with Crippen LogP contribution in [0.15, 0.2) is 88.2 Å². The Morgan fingerprint density at radius 3 is 2.45 bits per heavy atom. The van der Waals surface area contributed by atoms with Gasteiger partial charge in [-0.15, -0.1) is 0 Å². The predicted molar refractivity (Wildman–Crippen MR) is 123 cm³/mol. The molecule has 1 heterocycles. The number of fused-ring (bicyclic) bond motifs is 1. The fourth-order valence-corrected chi connectivity index (χ4v) is 5.14. The van der Waals surface area contributed by atoms with Gasteiger partial charge in [0, 0.05) is 4.47 Å². The van der Waals surface area contributed by atoms with E-state index in [9.17, 15) is 18.0 Å². The van der Waals surface area contributed by atoms with E-state index in [0.29, 0.717) is 21.5 Å². The second-order valence-corrected chi connectivity index (χ2v) is 9.63. The number of carbonyl (C=O) groups is 2. The van der Waals surface area contributed by atoms with E-state index < -0.39 is 22.5 Å². The molecule has 7 nitrogen and oxygen atoms in total. The Kier molecular flexibility index (Phi) is 5.79. The molecule has 9 heteroatoms. The van der Waals surface area contributed by atoms with Crippen molar-refractivity contribution in [2.75, 3.05) is 27.6 Å². The molecule has 0 bridgehead atoms. The Bertz CT molecular complexity index is 1250. The summed E-state index contributed by atoms with van der Waals surface area (Å²) in [6.45, 7) is -0.650. The molecule has 1 N–H and O–H groups in total. The number of carbonyl (C=O) groups excluding carboxylic acids is 2. The van der Waals surface area contributed by atoms with Gasteiger partial charge in [-0.2, -0.15) is 0 Å². The van der Waals surface area contributed by atoms with Crippen molar-refractivity contribution in [3.63, 3.8) is 0 Å². The molecule has 2 amide bonds. The van der Waals surface area contributed by atoms with Crippen LogP contribution in [0.25, 0.3) is 0 Å². The molecule has 0 unspecified atom stereocenters. The van der Waals surface area contributed by atoms with E-state index in [2.05, 4.69) is 21.2 Å². The highest BCUT2D eigenvalue weighted by Crippen LogP contribution is 2.31. The van der Waals surface area contributed by atoms with Gasteiger partial charge in [0.15, 0.2) is 0 Å². The first-order valence-electron chi connectivity index (χ1n) is 9.39. The topological polar surface area (TPSA) is 86.8 Å². The third-order valence-electron chi connectivity index (χ3n) is 4.78. The van der Waals surface area contributed by atoms with Gasteiger partial charge >= 0.3 is 0 Å². The Morgan fingerprint density at radius 1 is 1.00 bits per heavy atom. The normalized spacial score (nSPS) is 13.3. The molecule has 158 valence electrons. The van der Waals surface area contributed by atoms with E-state index in [1.54, 1.807) is 66.7 Å². The summed E-state index contributed by atoms with van der Waals surface area (Å²) < 4.78 is 28.6. The number of rotatable bonds is 5. The molecule has 0 fully saturated rings. The number of hydrogen-bond acceptors (Lipinski definition) is 4. The largest absolute Gasteiger partial charge is 0.323 e. The molecule has 1 aliphatic heterocycles. The molecular formula is C22H18BrN3O4S. The SMILES string of the molecule is O=C1CN(C(=O)CN(c2cccc(Br)c2)S(=O)(=O)c2ccccc2)c2ccccc2N1. The van der Waals surface area contributed by atoms with Crippen molar-refractivity contribution < 1.29 is 18.0 Å². The lowest BCUT2D eigenvalue weighted by atomic mass is 10.2. The predicted octanol–water partition coefficient (Wildman–Crippen LogP) is 3.63. The van der Waals surface area contributed by atoms with Crippen molar-refractivity contribution in [1.29, 1.82) is 0 Å². The molecule has 0 saturated heterocycles. The fourth-order valence-electron chi connectivity index (χ4n) is 3.33. The lowest BCUT2D eigenvalue weighted by Crippen LogP contribution is -2.48. The molecule has 3 aromatic rings. The number of amides is 2. The molecule has 4 rings (SSSR count). The molecule has 0 aliphatic carbocycles. The summed E-state index contributed by atoms with van der Waals surface area (Å²) in [6.07, 6.45) is 0. The Hall–Kier alpha value is -3.17. The van der Waals surface area contributed by atoms with Gasteiger partial charge in [-0.1, -0.05) is 52.3 Å². The number of sulfonamides is 1. The summed E-state index contributed by atoms with van der Waals surface area (Å²) in [5.74, 6) is -0.853. The van der Waals surface area contributed by atoms with Crippen LogP contribution in [0.5, 0.6) is 0 Å².